The predicted molar refractivity (Wildman–Crippen MR) is 71.6 cm³/mol. The van der Waals surface area contributed by atoms with Crippen molar-refractivity contribution < 1.29 is 4.39 Å². The number of hydrogen-bond acceptors (Lipinski definition) is 2. The van der Waals surface area contributed by atoms with Crippen molar-refractivity contribution in [2.75, 3.05) is 0 Å². The zero-order chi connectivity index (χ0) is 13.4. The van der Waals surface area contributed by atoms with Crippen molar-refractivity contribution in [3.05, 3.63) is 47.8 Å². The molecule has 0 radical (unpaired) electrons. The Morgan fingerprint density at radius 2 is 2.16 bits per heavy atom. The molecular weight excluding hydrogens is 267 g/mol. The highest BCUT2D eigenvalue weighted by Gasteiger charge is 2.12. The molecule has 3 aromatic rings. The number of nitrogens with zero attached hydrogens (tertiary/aromatic N) is 4. The summed E-state index contributed by atoms with van der Waals surface area (Å²) >= 11 is 5.92. The van der Waals surface area contributed by atoms with E-state index in [1.165, 1.54) is 12.1 Å². The van der Waals surface area contributed by atoms with Gasteiger partial charge >= 0.3 is 0 Å². The summed E-state index contributed by atoms with van der Waals surface area (Å²) in [6.45, 7) is 0.612. The van der Waals surface area contributed by atoms with Gasteiger partial charge in [0, 0.05) is 19.3 Å². The summed E-state index contributed by atoms with van der Waals surface area (Å²) in [6, 6.07) is 6.52. The lowest BCUT2D eigenvalue weighted by atomic mass is 10.3. The predicted octanol–water partition coefficient (Wildman–Crippen LogP) is 2.70. The van der Waals surface area contributed by atoms with Crippen LogP contribution < -0.4 is 0 Å². The second-order valence-electron chi connectivity index (χ2n) is 4.33. The molecule has 0 N–H and O–H groups in total. The van der Waals surface area contributed by atoms with E-state index in [2.05, 4.69) is 10.1 Å². The number of fused-ring (bicyclic) bond motifs is 1. The molecule has 19 heavy (non-hydrogen) atoms. The summed E-state index contributed by atoms with van der Waals surface area (Å²) in [7, 11) is 1.88. The second-order valence-corrected chi connectivity index (χ2v) is 4.59. The van der Waals surface area contributed by atoms with Crippen LogP contribution >= 0.6 is 11.6 Å². The summed E-state index contributed by atoms with van der Waals surface area (Å²) < 4.78 is 17.0. The zero-order valence-corrected chi connectivity index (χ0v) is 11.1. The van der Waals surface area contributed by atoms with E-state index in [0.29, 0.717) is 12.1 Å². The lowest BCUT2D eigenvalue weighted by molar-refractivity contribution is 0.629. The maximum Gasteiger partial charge on any atom is 0.125 e. The summed E-state index contributed by atoms with van der Waals surface area (Å²) in [5.74, 6) is 0.719. The van der Waals surface area contributed by atoms with Gasteiger partial charge in [-0.1, -0.05) is 0 Å². The van der Waals surface area contributed by atoms with Gasteiger partial charge in [-0.3, -0.25) is 4.68 Å². The van der Waals surface area contributed by atoms with Gasteiger partial charge in [-0.25, -0.2) is 9.37 Å². The number of imidazole rings is 1. The first kappa shape index (κ1) is 12.2. The molecule has 98 valence electrons. The third kappa shape index (κ3) is 2.10. The van der Waals surface area contributed by atoms with E-state index in [9.17, 15) is 4.39 Å². The zero-order valence-electron chi connectivity index (χ0n) is 10.3. The third-order valence-corrected chi connectivity index (χ3v) is 3.39. The molecule has 0 saturated carbocycles. The molecule has 0 spiro atoms. The first-order chi connectivity index (χ1) is 9.19. The van der Waals surface area contributed by atoms with Crippen LogP contribution in [0.1, 0.15) is 11.5 Å². The number of alkyl halides is 1. The van der Waals surface area contributed by atoms with Gasteiger partial charge in [-0.2, -0.15) is 5.10 Å². The molecular formula is C13H12ClFN4. The highest BCUT2D eigenvalue weighted by atomic mass is 35.5. The first-order valence-corrected chi connectivity index (χ1v) is 6.40. The fourth-order valence-electron chi connectivity index (χ4n) is 2.15. The van der Waals surface area contributed by atoms with Gasteiger partial charge in [0.05, 0.1) is 29.2 Å². The van der Waals surface area contributed by atoms with Crippen LogP contribution in [0.15, 0.2) is 30.5 Å². The molecule has 4 nitrogen and oxygen atoms in total. The van der Waals surface area contributed by atoms with Gasteiger partial charge in [-0.05, 0) is 18.2 Å². The highest BCUT2D eigenvalue weighted by molar-refractivity contribution is 6.16. The molecule has 0 bridgehead atoms. The van der Waals surface area contributed by atoms with Crippen molar-refractivity contribution in [3.63, 3.8) is 0 Å². The van der Waals surface area contributed by atoms with Crippen LogP contribution in [0.5, 0.6) is 0 Å². The molecule has 6 heteroatoms. The second kappa shape index (κ2) is 4.66. The molecule has 0 aliphatic heterocycles. The molecule has 0 amide bonds. The van der Waals surface area contributed by atoms with E-state index in [1.54, 1.807) is 16.9 Å². The fourth-order valence-corrected chi connectivity index (χ4v) is 2.35. The SMILES string of the molecule is Cn1nccc1Cn1c(CCl)nc2cc(F)ccc21. The van der Waals surface area contributed by atoms with Crippen molar-refractivity contribution in [1.29, 1.82) is 0 Å². The van der Waals surface area contributed by atoms with Crippen molar-refractivity contribution in [2.45, 2.75) is 12.4 Å². The van der Waals surface area contributed by atoms with E-state index in [0.717, 1.165) is 17.0 Å². The first-order valence-electron chi connectivity index (χ1n) is 5.86. The van der Waals surface area contributed by atoms with Crippen molar-refractivity contribution in [2.24, 2.45) is 7.05 Å². The van der Waals surface area contributed by atoms with Gasteiger partial charge < -0.3 is 4.57 Å². The Balaban J connectivity index is 2.13. The van der Waals surface area contributed by atoms with Crippen LogP contribution in [-0.4, -0.2) is 19.3 Å². The molecule has 1 aromatic carbocycles. The Labute approximate surface area is 114 Å². The molecule has 2 heterocycles. The lowest BCUT2D eigenvalue weighted by Gasteiger charge is -2.08. The monoisotopic (exact) mass is 278 g/mol. The quantitative estimate of drug-likeness (QED) is 0.691. The minimum Gasteiger partial charge on any atom is -0.321 e. The normalized spacial score (nSPS) is 11.3. The fraction of sp³-hybridized carbons (Fsp3) is 0.231. The average molecular weight is 279 g/mol. The molecule has 0 aliphatic carbocycles. The molecule has 0 atom stereocenters. The van der Waals surface area contributed by atoms with E-state index < -0.39 is 0 Å². The summed E-state index contributed by atoms with van der Waals surface area (Å²) in [4.78, 5) is 4.36. The molecule has 0 fully saturated rings. The highest BCUT2D eigenvalue weighted by Crippen LogP contribution is 2.20. The summed E-state index contributed by atoms with van der Waals surface area (Å²) in [5, 5.41) is 4.14. The van der Waals surface area contributed by atoms with E-state index >= 15 is 0 Å². The van der Waals surface area contributed by atoms with Crippen molar-refractivity contribution in [3.8, 4) is 0 Å². The minimum atomic E-state index is -0.293. The standard InChI is InChI=1S/C13H12ClFN4/c1-18-10(4-5-16-18)8-19-12-3-2-9(15)6-11(12)17-13(19)7-14/h2-6H,7-8H2,1H3. The largest absolute Gasteiger partial charge is 0.321 e. The molecule has 3 rings (SSSR count). The number of rotatable bonds is 3. The lowest BCUT2D eigenvalue weighted by Crippen LogP contribution is -2.08. The van der Waals surface area contributed by atoms with Gasteiger partial charge in [-0.15, -0.1) is 11.6 Å². The summed E-state index contributed by atoms with van der Waals surface area (Å²) in [5.41, 5.74) is 2.53. The Kier molecular flexibility index (Phi) is 2.98. The van der Waals surface area contributed by atoms with Crippen LogP contribution in [0.2, 0.25) is 0 Å². The smallest absolute Gasteiger partial charge is 0.125 e. The number of aromatic nitrogens is 4. The maximum atomic E-state index is 13.2. The Morgan fingerprint density at radius 3 is 2.84 bits per heavy atom. The number of benzene rings is 1. The summed E-state index contributed by atoms with van der Waals surface area (Å²) in [6.07, 6.45) is 1.74. The van der Waals surface area contributed by atoms with Crippen LogP contribution in [0.25, 0.3) is 11.0 Å². The van der Waals surface area contributed by atoms with Crippen molar-refractivity contribution in [1.82, 2.24) is 19.3 Å². The molecule has 0 aliphatic rings. The number of hydrogen-bond donors (Lipinski definition) is 0. The van der Waals surface area contributed by atoms with Crippen LogP contribution in [0.3, 0.4) is 0 Å². The number of aryl methyl sites for hydroxylation is 1. The van der Waals surface area contributed by atoms with Gasteiger partial charge in [0.25, 0.3) is 0 Å². The third-order valence-electron chi connectivity index (χ3n) is 3.15. The minimum absolute atomic E-state index is 0.286. The van der Waals surface area contributed by atoms with Crippen LogP contribution in [0, 0.1) is 5.82 Å². The van der Waals surface area contributed by atoms with Gasteiger partial charge in [0.15, 0.2) is 0 Å². The molecule has 2 aromatic heterocycles. The Morgan fingerprint density at radius 1 is 1.32 bits per heavy atom. The topological polar surface area (TPSA) is 35.6 Å². The maximum absolute atomic E-state index is 13.2. The van der Waals surface area contributed by atoms with E-state index in [4.69, 9.17) is 11.6 Å². The van der Waals surface area contributed by atoms with Gasteiger partial charge in [0.2, 0.25) is 0 Å². The van der Waals surface area contributed by atoms with Crippen LogP contribution in [0.4, 0.5) is 4.39 Å². The van der Waals surface area contributed by atoms with E-state index in [1.807, 2.05) is 17.7 Å². The molecule has 0 saturated heterocycles. The average Bonchev–Trinajstić information content (AvgIpc) is 2.94. The number of halogens is 2. The van der Waals surface area contributed by atoms with Gasteiger partial charge in [0.1, 0.15) is 11.6 Å². The van der Waals surface area contributed by atoms with E-state index in [-0.39, 0.29) is 11.7 Å². The Hall–Kier alpha value is -1.88. The molecule has 0 unspecified atom stereocenters. The van der Waals surface area contributed by atoms with Crippen molar-refractivity contribution >= 4 is 22.6 Å². The van der Waals surface area contributed by atoms with Crippen LogP contribution in [-0.2, 0) is 19.5 Å². The Bertz CT molecular complexity index is 731.